The molecule has 0 bridgehead atoms. The van der Waals surface area contributed by atoms with Gasteiger partial charge in [0.25, 0.3) is 10.2 Å². The van der Waals surface area contributed by atoms with Gasteiger partial charge >= 0.3 is 6.18 Å². The molecule has 8 heteroatoms. The minimum atomic E-state index is -5.28. The van der Waals surface area contributed by atoms with Crippen LogP contribution in [0, 0.1) is 0 Å². The summed E-state index contributed by atoms with van der Waals surface area (Å²) in [6.07, 6.45) is -5.31. The van der Waals surface area contributed by atoms with Gasteiger partial charge in [0.05, 0.1) is 6.42 Å². The van der Waals surface area contributed by atoms with E-state index in [0.29, 0.717) is 11.5 Å². The maximum atomic E-state index is 11.4. The van der Waals surface area contributed by atoms with Gasteiger partial charge in [-0.2, -0.15) is 13.2 Å². The second kappa shape index (κ2) is 4.31. The van der Waals surface area contributed by atoms with Crippen LogP contribution < -0.4 is 0 Å². The summed E-state index contributed by atoms with van der Waals surface area (Å²) in [7, 11) is -5.80. The molecule has 0 aliphatic carbocycles. The zero-order valence-electron chi connectivity index (χ0n) is 5.45. The fourth-order valence-corrected chi connectivity index (χ4v) is 1.20. The molecule has 12 heavy (non-hydrogen) atoms. The van der Waals surface area contributed by atoms with Crippen LogP contribution in [0.3, 0.4) is 0 Å². The maximum Gasteiger partial charge on any atom is 0.392 e. The molecular weight excluding hydrogens is 226 g/mol. The third-order valence-corrected chi connectivity index (χ3v) is 2.12. The maximum absolute atomic E-state index is 11.4. The molecule has 0 N–H and O–H groups in total. The molecular formula is C4H4F6S2. The topological polar surface area (TPSA) is 0 Å². The van der Waals surface area contributed by atoms with Crippen molar-refractivity contribution < 1.29 is 24.8 Å². The summed E-state index contributed by atoms with van der Waals surface area (Å²) in [5.74, 6) is 0. The zero-order chi connectivity index (χ0) is 9.83. The summed E-state index contributed by atoms with van der Waals surface area (Å²) in [5.41, 5.74) is 0. The molecule has 0 aromatic heterocycles. The highest BCUT2D eigenvalue weighted by atomic mass is 33.2. The Morgan fingerprint density at radius 1 is 1.17 bits per heavy atom. The summed E-state index contributed by atoms with van der Waals surface area (Å²) in [6, 6.07) is 0. The first-order valence-electron chi connectivity index (χ1n) is 2.53. The number of allylic oxidation sites excluding steroid dienone is 1. The van der Waals surface area contributed by atoms with E-state index in [2.05, 4.69) is 0 Å². The monoisotopic (exact) mass is 230 g/mol. The van der Waals surface area contributed by atoms with Crippen LogP contribution in [0.5, 0.6) is 0 Å². The molecule has 0 saturated heterocycles. The molecule has 0 heterocycles. The normalized spacial score (nSPS) is 15.5. The second-order valence-corrected chi connectivity index (χ2v) is 4.56. The van der Waals surface area contributed by atoms with Gasteiger partial charge in [0.1, 0.15) is 0 Å². The van der Waals surface area contributed by atoms with Gasteiger partial charge in [0, 0.05) is 10.8 Å². The van der Waals surface area contributed by atoms with E-state index >= 15 is 0 Å². The average Bonchev–Trinajstić information content (AvgIpc) is 1.76. The standard InChI is InChI=1S/C4H4F6S2/c5-4(6,7)2-1-3-11-12(8,9)10/h1,3H,2H2. The SMILES string of the molecule is FC(F)(F)CC=CSS(F)(F)F. The number of alkyl halides is 3. The molecule has 0 spiro atoms. The average molecular weight is 230 g/mol. The van der Waals surface area contributed by atoms with Crippen molar-refractivity contribution in [2.24, 2.45) is 0 Å². The third kappa shape index (κ3) is 10.0. The first kappa shape index (κ1) is 12.0. The molecule has 0 amide bonds. The molecule has 0 atom stereocenters. The molecule has 0 nitrogen and oxygen atoms in total. The summed E-state index contributed by atoms with van der Waals surface area (Å²) in [6.45, 7) is 0. The third-order valence-electron chi connectivity index (χ3n) is 0.610. The molecule has 0 aliphatic rings. The lowest BCUT2D eigenvalue weighted by Crippen LogP contribution is -2.03. The highest BCUT2D eigenvalue weighted by molar-refractivity contribution is 8.88. The Kier molecular flexibility index (Phi) is 4.32. The van der Waals surface area contributed by atoms with Crippen molar-refractivity contribution in [1.29, 1.82) is 0 Å². The lowest BCUT2D eigenvalue weighted by molar-refractivity contribution is -0.124. The van der Waals surface area contributed by atoms with Gasteiger partial charge in [-0.25, -0.2) is 0 Å². The Hall–Kier alpha value is 0.0200. The van der Waals surface area contributed by atoms with E-state index in [9.17, 15) is 24.8 Å². The highest BCUT2D eigenvalue weighted by Gasteiger charge is 2.25. The van der Waals surface area contributed by atoms with Gasteiger partial charge in [0.2, 0.25) is 0 Å². The molecule has 0 aliphatic heterocycles. The van der Waals surface area contributed by atoms with Crippen LogP contribution in [-0.2, 0) is 0 Å². The van der Waals surface area contributed by atoms with Gasteiger partial charge in [-0.15, -0.1) is 11.7 Å². The lowest BCUT2D eigenvalue weighted by Gasteiger charge is -2.04. The van der Waals surface area contributed by atoms with E-state index in [-0.39, 0.29) is 0 Å². The van der Waals surface area contributed by atoms with Crippen LogP contribution in [0.4, 0.5) is 24.8 Å². The summed E-state index contributed by atoms with van der Waals surface area (Å²) in [4.78, 5) is 0. The van der Waals surface area contributed by atoms with Gasteiger partial charge < -0.3 is 0 Å². The number of halogens is 6. The number of hydrogen-bond acceptors (Lipinski definition) is 1. The molecule has 0 aromatic carbocycles. The van der Waals surface area contributed by atoms with Gasteiger partial charge in [-0.3, -0.25) is 0 Å². The van der Waals surface area contributed by atoms with Gasteiger partial charge in [-0.05, 0) is 5.41 Å². The molecule has 0 radical (unpaired) electrons. The van der Waals surface area contributed by atoms with E-state index < -0.39 is 33.6 Å². The van der Waals surface area contributed by atoms with Crippen molar-refractivity contribution in [2.75, 3.05) is 0 Å². The second-order valence-electron chi connectivity index (χ2n) is 1.65. The van der Waals surface area contributed by atoms with E-state index in [1.54, 1.807) is 0 Å². The molecule has 0 fully saturated rings. The van der Waals surface area contributed by atoms with Crippen LogP contribution in [0.15, 0.2) is 11.5 Å². The predicted molar refractivity (Wildman–Crippen MR) is 38.3 cm³/mol. The molecule has 0 rings (SSSR count). The predicted octanol–water partition coefficient (Wildman–Crippen LogP) is 4.56. The summed E-state index contributed by atoms with van der Waals surface area (Å²) < 4.78 is 68.2. The van der Waals surface area contributed by atoms with Crippen LogP contribution in [0.25, 0.3) is 0 Å². The van der Waals surface area contributed by atoms with Crippen LogP contribution in [-0.4, -0.2) is 6.18 Å². The van der Waals surface area contributed by atoms with E-state index in [0.717, 1.165) is 0 Å². The van der Waals surface area contributed by atoms with E-state index in [4.69, 9.17) is 0 Å². The molecule has 0 saturated carbocycles. The lowest BCUT2D eigenvalue weighted by atomic mass is 10.4. The summed E-state index contributed by atoms with van der Waals surface area (Å²) >= 11 is 0. The molecule has 74 valence electrons. The first-order valence-corrected chi connectivity index (χ1v) is 5.26. The van der Waals surface area contributed by atoms with Crippen LogP contribution in [0.1, 0.15) is 6.42 Å². The number of hydrogen-bond donors (Lipinski definition) is 0. The Morgan fingerprint density at radius 2 is 1.67 bits per heavy atom. The van der Waals surface area contributed by atoms with Gasteiger partial charge in [-0.1, -0.05) is 6.08 Å². The Balaban J connectivity index is 3.66. The molecule has 0 aromatic rings. The van der Waals surface area contributed by atoms with Crippen LogP contribution in [0.2, 0.25) is 0 Å². The van der Waals surface area contributed by atoms with Crippen molar-refractivity contribution >= 4 is 21.0 Å². The zero-order valence-corrected chi connectivity index (χ0v) is 7.08. The largest absolute Gasteiger partial charge is 0.392 e. The van der Waals surface area contributed by atoms with Crippen molar-refractivity contribution in [1.82, 2.24) is 0 Å². The fourth-order valence-electron chi connectivity index (χ4n) is 0.284. The number of rotatable bonds is 3. The van der Waals surface area contributed by atoms with E-state index in [1.807, 2.05) is 0 Å². The Bertz CT molecular complexity index is 138. The smallest absolute Gasteiger partial charge is 0.171 e. The highest BCUT2D eigenvalue weighted by Crippen LogP contribution is 2.65. The summed E-state index contributed by atoms with van der Waals surface area (Å²) in [5, 5.41) is 0.419. The minimum Gasteiger partial charge on any atom is -0.171 e. The minimum absolute atomic E-state index is 0.419. The van der Waals surface area contributed by atoms with Crippen molar-refractivity contribution in [3.8, 4) is 0 Å². The van der Waals surface area contributed by atoms with Crippen molar-refractivity contribution in [3.05, 3.63) is 11.5 Å². The van der Waals surface area contributed by atoms with Crippen molar-refractivity contribution in [2.45, 2.75) is 12.6 Å². The van der Waals surface area contributed by atoms with Gasteiger partial charge in [0.15, 0.2) is 0 Å². The van der Waals surface area contributed by atoms with Crippen molar-refractivity contribution in [3.63, 3.8) is 0 Å². The first-order chi connectivity index (χ1) is 5.21. The Labute approximate surface area is 70.6 Å². The quantitative estimate of drug-likeness (QED) is 0.506. The fraction of sp³-hybridized carbons (Fsp3) is 0.500. The molecule has 0 unspecified atom stereocenters. The van der Waals surface area contributed by atoms with Crippen LogP contribution >= 0.6 is 21.0 Å². The Morgan fingerprint density at radius 3 is 2.00 bits per heavy atom. The van der Waals surface area contributed by atoms with E-state index in [1.165, 1.54) is 0 Å².